The molecule has 1 aliphatic rings. The largest absolute Gasteiger partial charge is 0.456 e. The zero-order valence-electron chi connectivity index (χ0n) is 19.0. The number of amides is 1. The molecule has 36 heavy (non-hydrogen) atoms. The van der Waals surface area contributed by atoms with Crippen LogP contribution in [-0.4, -0.2) is 49.7 Å². The summed E-state index contributed by atoms with van der Waals surface area (Å²) in [5.41, 5.74) is 1.39. The maximum Gasteiger partial charge on any atom is 0.253 e. The number of carbonyl (C=O) groups is 1. The van der Waals surface area contributed by atoms with Gasteiger partial charge in [-0.1, -0.05) is 34.8 Å². The minimum absolute atomic E-state index is 0.0713. The van der Waals surface area contributed by atoms with Gasteiger partial charge in [0.15, 0.2) is 0 Å². The van der Waals surface area contributed by atoms with Crippen LogP contribution in [0.2, 0.25) is 15.1 Å². The van der Waals surface area contributed by atoms with Crippen molar-refractivity contribution in [3.63, 3.8) is 0 Å². The number of nitrogens with zero attached hydrogens (tertiary/aromatic N) is 3. The minimum Gasteiger partial charge on any atom is -0.456 e. The molecule has 1 saturated heterocycles. The number of carbonyl (C=O) groups excluding carboxylic acids is 1. The van der Waals surface area contributed by atoms with Gasteiger partial charge in [0, 0.05) is 36.8 Å². The number of sulfonamides is 1. The van der Waals surface area contributed by atoms with Crippen LogP contribution < -0.4 is 4.74 Å². The second kappa shape index (κ2) is 10.7. The lowest BCUT2D eigenvalue weighted by molar-refractivity contribution is 0.0698. The summed E-state index contributed by atoms with van der Waals surface area (Å²) in [6.45, 7) is 2.34. The average Bonchev–Trinajstić information content (AvgIpc) is 2.85. The number of hydrogen-bond donors (Lipinski definition) is 0. The van der Waals surface area contributed by atoms with Gasteiger partial charge in [0.25, 0.3) is 5.91 Å². The van der Waals surface area contributed by atoms with E-state index in [1.54, 1.807) is 35.2 Å². The van der Waals surface area contributed by atoms with Crippen molar-refractivity contribution in [3.8, 4) is 17.6 Å². The van der Waals surface area contributed by atoms with Crippen LogP contribution >= 0.6 is 34.8 Å². The van der Waals surface area contributed by atoms with Crippen LogP contribution in [0.1, 0.15) is 21.5 Å². The Hall–Kier alpha value is -2.80. The Labute approximate surface area is 224 Å². The summed E-state index contributed by atoms with van der Waals surface area (Å²) < 4.78 is 34.4. The molecule has 186 valence electrons. The van der Waals surface area contributed by atoms with E-state index in [1.807, 2.05) is 13.0 Å². The van der Waals surface area contributed by atoms with Crippen molar-refractivity contribution in [1.82, 2.24) is 9.21 Å². The average molecular weight is 565 g/mol. The number of halogens is 3. The quantitative estimate of drug-likeness (QED) is 0.393. The summed E-state index contributed by atoms with van der Waals surface area (Å²) >= 11 is 18.1. The second-order valence-electron chi connectivity index (χ2n) is 8.16. The molecule has 0 unspecified atom stereocenters. The molecule has 3 aromatic rings. The van der Waals surface area contributed by atoms with Crippen molar-refractivity contribution in [2.45, 2.75) is 11.8 Å². The molecule has 0 saturated carbocycles. The Bertz CT molecular complexity index is 1460. The van der Waals surface area contributed by atoms with Gasteiger partial charge in [-0.2, -0.15) is 9.57 Å². The smallest absolute Gasteiger partial charge is 0.253 e. The predicted octanol–water partition coefficient (Wildman–Crippen LogP) is 5.77. The van der Waals surface area contributed by atoms with E-state index < -0.39 is 10.0 Å². The van der Waals surface area contributed by atoms with Gasteiger partial charge in [0.1, 0.15) is 16.4 Å². The van der Waals surface area contributed by atoms with Crippen molar-refractivity contribution in [3.05, 3.63) is 86.4 Å². The highest BCUT2D eigenvalue weighted by atomic mass is 35.5. The first-order valence-electron chi connectivity index (χ1n) is 10.8. The fourth-order valence-corrected chi connectivity index (χ4v) is 5.97. The third-order valence-corrected chi connectivity index (χ3v) is 8.50. The minimum atomic E-state index is -4.04. The molecule has 0 spiro atoms. The summed E-state index contributed by atoms with van der Waals surface area (Å²) in [7, 11) is -4.04. The fourth-order valence-electron chi connectivity index (χ4n) is 3.83. The lowest BCUT2D eigenvalue weighted by atomic mass is 10.2. The zero-order valence-corrected chi connectivity index (χ0v) is 22.1. The summed E-state index contributed by atoms with van der Waals surface area (Å²) in [5.74, 6) is 0.181. The molecule has 0 N–H and O–H groups in total. The van der Waals surface area contributed by atoms with Gasteiger partial charge in [-0.05, 0) is 67.1 Å². The molecule has 1 heterocycles. The molecule has 0 aliphatic carbocycles. The van der Waals surface area contributed by atoms with Crippen LogP contribution in [0.15, 0.2) is 59.5 Å². The van der Waals surface area contributed by atoms with Gasteiger partial charge in [0.2, 0.25) is 10.0 Å². The van der Waals surface area contributed by atoms with Crippen molar-refractivity contribution in [2.24, 2.45) is 0 Å². The van der Waals surface area contributed by atoms with E-state index in [-0.39, 0.29) is 53.3 Å². The van der Waals surface area contributed by atoms with Crippen LogP contribution in [0.3, 0.4) is 0 Å². The molecular formula is C25H20Cl3N3O4S. The molecule has 7 nitrogen and oxygen atoms in total. The molecule has 4 rings (SSSR count). The summed E-state index contributed by atoms with van der Waals surface area (Å²) in [6.07, 6.45) is 0. The van der Waals surface area contributed by atoms with E-state index in [4.69, 9.17) is 39.5 Å². The Kier molecular flexibility index (Phi) is 7.79. The number of hydrogen-bond acceptors (Lipinski definition) is 5. The first kappa shape index (κ1) is 26.3. The second-order valence-corrected chi connectivity index (χ2v) is 11.3. The molecule has 0 atom stereocenters. The van der Waals surface area contributed by atoms with Gasteiger partial charge >= 0.3 is 0 Å². The molecule has 0 bridgehead atoms. The van der Waals surface area contributed by atoms with E-state index in [9.17, 15) is 18.5 Å². The van der Waals surface area contributed by atoms with Gasteiger partial charge in [-0.25, -0.2) is 8.42 Å². The first-order chi connectivity index (χ1) is 17.1. The van der Waals surface area contributed by atoms with E-state index >= 15 is 0 Å². The molecule has 1 fully saturated rings. The highest BCUT2D eigenvalue weighted by molar-refractivity contribution is 7.89. The molecule has 0 radical (unpaired) electrons. The fraction of sp³-hybridized carbons (Fsp3) is 0.200. The van der Waals surface area contributed by atoms with Crippen LogP contribution in [-0.2, 0) is 10.0 Å². The van der Waals surface area contributed by atoms with Gasteiger partial charge in [-0.15, -0.1) is 0 Å². The van der Waals surface area contributed by atoms with Crippen LogP contribution in [0.5, 0.6) is 11.5 Å². The number of nitriles is 1. The normalized spacial score (nSPS) is 14.4. The maximum atomic E-state index is 13.6. The van der Waals surface area contributed by atoms with Crippen molar-refractivity contribution >= 4 is 50.7 Å². The summed E-state index contributed by atoms with van der Waals surface area (Å²) in [4.78, 5) is 14.3. The lowest BCUT2D eigenvalue weighted by Crippen LogP contribution is -2.50. The highest BCUT2D eigenvalue weighted by Crippen LogP contribution is 2.34. The van der Waals surface area contributed by atoms with Crippen molar-refractivity contribution in [2.75, 3.05) is 26.2 Å². The molecule has 1 aliphatic heterocycles. The van der Waals surface area contributed by atoms with Gasteiger partial charge < -0.3 is 9.64 Å². The third kappa shape index (κ3) is 5.61. The predicted molar refractivity (Wildman–Crippen MR) is 139 cm³/mol. The van der Waals surface area contributed by atoms with Gasteiger partial charge in [0.05, 0.1) is 21.7 Å². The summed E-state index contributed by atoms with van der Waals surface area (Å²) in [6, 6.07) is 15.9. The molecular weight excluding hydrogens is 545 g/mol. The first-order valence-corrected chi connectivity index (χ1v) is 13.4. The highest BCUT2D eigenvalue weighted by Gasteiger charge is 2.33. The van der Waals surface area contributed by atoms with Crippen LogP contribution in [0, 0.1) is 18.3 Å². The van der Waals surface area contributed by atoms with E-state index in [0.29, 0.717) is 21.4 Å². The zero-order chi connectivity index (χ0) is 26.0. The van der Waals surface area contributed by atoms with Crippen LogP contribution in [0.25, 0.3) is 0 Å². The van der Waals surface area contributed by atoms with E-state index in [0.717, 1.165) is 5.56 Å². The van der Waals surface area contributed by atoms with E-state index in [1.165, 1.54) is 28.6 Å². The molecule has 11 heteroatoms. The number of piperazine rings is 1. The van der Waals surface area contributed by atoms with Gasteiger partial charge in [-0.3, -0.25) is 4.79 Å². The van der Waals surface area contributed by atoms with Crippen molar-refractivity contribution in [1.29, 1.82) is 5.26 Å². The Morgan fingerprint density at radius 3 is 2.31 bits per heavy atom. The SMILES string of the molecule is Cc1cc(Cl)cc(Oc2ccc(C#N)cc2S(=O)(=O)N2CCN(C(=O)c3ccc(Cl)c(Cl)c3)CC2)c1. The number of benzene rings is 3. The Morgan fingerprint density at radius 2 is 1.67 bits per heavy atom. The molecule has 1 amide bonds. The monoisotopic (exact) mass is 563 g/mol. The Morgan fingerprint density at radius 1 is 0.944 bits per heavy atom. The number of ether oxygens (including phenoxy) is 1. The van der Waals surface area contributed by atoms with Crippen molar-refractivity contribution < 1.29 is 17.9 Å². The molecule has 0 aromatic heterocycles. The molecule has 3 aromatic carbocycles. The third-order valence-electron chi connectivity index (χ3n) is 5.63. The maximum absolute atomic E-state index is 13.6. The topological polar surface area (TPSA) is 90.7 Å². The summed E-state index contributed by atoms with van der Waals surface area (Å²) in [5, 5.41) is 10.4. The van der Waals surface area contributed by atoms with Crippen LogP contribution in [0.4, 0.5) is 0 Å². The van der Waals surface area contributed by atoms with E-state index in [2.05, 4.69) is 0 Å². The Balaban J connectivity index is 1.57. The number of rotatable bonds is 5. The number of aryl methyl sites for hydroxylation is 1. The standard InChI is InChI=1S/C25H20Cl3N3O4S/c1-16-10-19(26)14-20(11-16)35-23-5-2-17(15-29)12-24(23)36(33,34)31-8-6-30(7-9-31)25(32)18-3-4-21(27)22(28)13-18/h2-5,10-14H,6-9H2,1H3. The lowest BCUT2D eigenvalue weighted by Gasteiger charge is -2.34.